The highest BCUT2D eigenvalue weighted by Crippen LogP contribution is 2.41. The third kappa shape index (κ3) is 1.11. The molecule has 2 unspecified atom stereocenters. The van der Waals surface area contributed by atoms with Crippen LogP contribution in [0.25, 0.3) is 0 Å². The van der Waals surface area contributed by atoms with E-state index in [-0.39, 0.29) is 5.78 Å². The van der Waals surface area contributed by atoms with Crippen molar-refractivity contribution in [3.05, 3.63) is 11.6 Å². The number of carbonyl (C=O) groups is 2. The van der Waals surface area contributed by atoms with E-state index >= 15 is 0 Å². The van der Waals surface area contributed by atoms with Crippen LogP contribution in [-0.4, -0.2) is 11.6 Å². The normalized spacial score (nSPS) is 33.4. The van der Waals surface area contributed by atoms with Crippen molar-refractivity contribution in [2.45, 2.75) is 26.2 Å². The third-order valence-electron chi connectivity index (χ3n) is 2.91. The van der Waals surface area contributed by atoms with Crippen LogP contribution in [0.4, 0.5) is 0 Å². The Morgan fingerprint density at radius 2 is 2.17 bits per heavy atom. The molecule has 0 aromatic carbocycles. The summed E-state index contributed by atoms with van der Waals surface area (Å²) in [5, 5.41) is 0. The first-order valence-electron chi connectivity index (χ1n) is 4.40. The molecule has 0 heterocycles. The number of ketones is 2. The zero-order chi connectivity index (χ0) is 8.72. The van der Waals surface area contributed by atoms with E-state index in [0.29, 0.717) is 30.5 Å². The van der Waals surface area contributed by atoms with Crippen molar-refractivity contribution in [2.75, 3.05) is 0 Å². The molecule has 0 aliphatic heterocycles. The number of hydrogen-bond acceptors (Lipinski definition) is 2. The smallest absolute Gasteiger partial charge is 0.155 e. The van der Waals surface area contributed by atoms with Gasteiger partial charge in [-0.05, 0) is 30.8 Å². The van der Waals surface area contributed by atoms with Crippen molar-refractivity contribution in [1.82, 2.24) is 0 Å². The molecule has 0 aromatic rings. The van der Waals surface area contributed by atoms with Gasteiger partial charge in [0, 0.05) is 12.8 Å². The van der Waals surface area contributed by atoms with E-state index in [4.69, 9.17) is 0 Å². The zero-order valence-corrected chi connectivity index (χ0v) is 7.17. The predicted octanol–water partition coefficient (Wildman–Crippen LogP) is 1.50. The molecule has 0 aromatic heterocycles. The highest BCUT2D eigenvalue weighted by Gasteiger charge is 2.36. The molecule has 2 rings (SSSR count). The molecule has 2 heteroatoms. The molecule has 2 atom stereocenters. The predicted molar refractivity (Wildman–Crippen MR) is 44.6 cm³/mol. The van der Waals surface area contributed by atoms with E-state index in [1.165, 1.54) is 0 Å². The summed E-state index contributed by atoms with van der Waals surface area (Å²) in [6, 6.07) is 0. The Kier molecular flexibility index (Phi) is 1.63. The maximum atomic E-state index is 11.0. The molecule has 0 saturated heterocycles. The highest BCUT2D eigenvalue weighted by molar-refractivity contribution is 5.94. The summed E-state index contributed by atoms with van der Waals surface area (Å²) in [4.78, 5) is 22.0. The summed E-state index contributed by atoms with van der Waals surface area (Å²) in [5.74, 6) is 1.38. The zero-order valence-electron chi connectivity index (χ0n) is 7.17. The van der Waals surface area contributed by atoms with Crippen LogP contribution in [0.5, 0.6) is 0 Å². The lowest BCUT2D eigenvalue weighted by Crippen LogP contribution is -1.99. The van der Waals surface area contributed by atoms with Gasteiger partial charge < -0.3 is 0 Å². The molecular weight excluding hydrogens is 152 g/mol. The Morgan fingerprint density at radius 3 is 2.75 bits per heavy atom. The second-order valence-corrected chi connectivity index (χ2v) is 3.82. The standard InChI is InChI=1S/C10H12O2/c1-6(11)7-2-8-4-10(12)5-9(8)3-7/h2,8-9H,3-5H2,1H3. The van der Waals surface area contributed by atoms with Gasteiger partial charge in [-0.2, -0.15) is 0 Å². The number of fused-ring (bicyclic) bond motifs is 1. The second-order valence-electron chi connectivity index (χ2n) is 3.82. The Balaban J connectivity index is 2.15. The number of allylic oxidation sites excluding steroid dienone is 2. The average Bonchev–Trinajstić information content (AvgIpc) is 2.42. The fourth-order valence-corrected chi connectivity index (χ4v) is 2.25. The fourth-order valence-electron chi connectivity index (χ4n) is 2.25. The summed E-state index contributed by atoms with van der Waals surface area (Å²) >= 11 is 0. The summed E-state index contributed by atoms with van der Waals surface area (Å²) in [7, 11) is 0. The van der Waals surface area contributed by atoms with Crippen LogP contribution in [0.15, 0.2) is 11.6 Å². The Morgan fingerprint density at radius 1 is 1.42 bits per heavy atom. The summed E-state index contributed by atoms with van der Waals surface area (Å²) in [6.07, 6.45) is 4.21. The van der Waals surface area contributed by atoms with Gasteiger partial charge in [-0.25, -0.2) is 0 Å². The van der Waals surface area contributed by atoms with E-state index in [1.807, 2.05) is 6.08 Å². The van der Waals surface area contributed by atoms with Crippen molar-refractivity contribution >= 4 is 11.6 Å². The van der Waals surface area contributed by atoms with Gasteiger partial charge in [0.15, 0.2) is 5.78 Å². The van der Waals surface area contributed by atoms with Crippen molar-refractivity contribution in [3.8, 4) is 0 Å². The van der Waals surface area contributed by atoms with Crippen LogP contribution < -0.4 is 0 Å². The van der Waals surface area contributed by atoms with Crippen LogP contribution >= 0.6 is 0 Å². The molecule has 0 amide bonds. The number of carbonyl (C=O) groups excluding carboxylic acids is 2. The SMILES string of the molecule is CC(=O)C1=CC2CC(=O)CC2C1. The van der Waals surface area contributed by atoms with Crippen LogP contribution in [0.3, 0.4) is 0 Å². The molecule has 12 heavy (non-hydrogen) atoms. The maximum Gasteiger partial charge on any atom is 0.155 e. The topological polar surface area (TPSA) is 34.1 Å². The largest absolute Gasteiger partial charge is 0.300 e. The maximum absolute atomic E-state index is 11.0. The Bertz CT molecular complexity index is 276. The van der Waals surface area contributed by atoms with Crippen molar-refractivity contribution < 1.29 is 9.59 Å². The van der Waals surface area contributed by atoms with Crippen molar-refractivity contribution in [3.63, 3.8) is 0 Å². The number of rotatable bonds is 1. The number of Topliss-reactive ketones (excluding diaryl/α,β-unsaturated/α-hetero) is 2. The quantitative estimate of drug-likeness (QED) is 0.588. The van der Waals surface area contributed by atoms with Gasteiger partial charge in [0.2, 0.25) is 0 Å². The van der Waals surface area contributed by atoms with Gasteiger partial charge in [0.05, 0.1) is 0 Å². The first-order valence-corrected chi connectivity index (χ1v) is 4.40. The Labute approximate surface area is 71.6 Å². The second kappa shape index (κ2) is 2.54. The van der Waals surface area contributed by atoms with Crippen LogP contribution in [0, 0.1) is 11.8 Å². The minimum atomic E-state index is 0.178. The van der Waals surface area contributed by atoms with Crippen LogP contribution in [0.2, 0.25) is 0 Å². The molecular formula is C10H12O2. The van der Waals surface area contributed by atoms with Crippen molar-refractivity contribution in [2.24, 2.45) is 11.8 Å². The van der Waals surface area contributed by atoms with Gasteiger partial charge >= 0.3 is 0 Å². The molecule has 0 bridgehead atoms. The van der Waals surface area contributed by atoms with Gasteiger partial charge in [-0.15, -0.1) is 0 Å². The molecule has 1 fully saturated rings. The average molecular weight is 164 g/mol. The molecule has 64 valence electrons. The van der Waals surface area contributed by atoms with E-state index in [0.717, 1.165) is 12.0 Å². The molecule has 0 N–H and O–H groups in total. The van der Waals surface area contributed by atoms with Gasteiger partial charge in [-0.3, -0.25) is 9.59 Å². The number of hydrogen-bond donors (Lipinski definition) is 0. The van der Waals surface area contributed by atoms with Gasteiger partial charge in [0.1, 0.15) is 5.78 Å². The van der Waals surface area contributed by atoms with Gasteiger partial charge in [-0.1, -0.05) is 6.08 Å². The Hall–Kier alpha value is -0.920. The molecule has 1 saturated carbocycles. The van der Waals surface area contributed by atoms with Gasteiger partial charge in [0.25, 0.3) is 0 Å². The lowest BCUT2D eigenvalue weighted by atomic mass is 9.99. The first-order chi connectivity index (χ1) is 5.66. The minimum absolute atomic E-state index is 0.178. The molecule has 2 aliphatic carbocycles. The van der Waals surface area contributed by atoms with E-state index in [9.17, 15) is 9.59 Å². The molecule has 0 spiro atoms. The van der Waals surface area contributed by atoms with Crippen LogP contribution in [-0.2, 0) is 9.59 Å². The van der Waals surface area contributed by atoms with Crippen LogP contribution in [0.1, 0.15) is 26.2 Å². The third-order valence-corrected chi connectivity index (χ3v) is 2.91. The van der Waals surface area contributed by atoms with E-state index in [1.54, 1.807) is 6.92 Å². The highest BCUT2D eigenvalue weighted by atomic mass is 16.1. The van der Waals surface area contributed by atoms with Crippen molar-refractivity contribution in [1.29, 1.82) is 0 Å². The first kappa shape index (κ1) is 7.71. The van der Waals surface area contributed by atoms with E-state index in [2.05, 4.69) is 0 Å². The lowest BCUT2D eigenvalue weighted by molar-refractivity contribution is -0.118. The lowest BCUT2D eigenvalue weighted by Gasteiger charge is -2.04. The fraction of sp³-hybridized carbons (Fsp3) is 0.600. The summed E-state index contributed by atoms with van der Waals surface area (Å²) in [6.45, 7) is 1.61. The summed E-state index contributed by atoms with van der Waals surface area (Å²) < 4.78 is 0. The van der Waals surface area contributed by atoms with E-state index < -0.39 is 0 Å². The molecule has 0 radical (unpaired) electrons. The monoisotopic (exact) mass is 164 g/mol. The minimum Gasteiger partial charge on any atom is -0.300 e. The molecule has 2 nitrogen and oxygen atoms in total. The summed E-state index contributed by atoms with van der Waals surface area (Å²) in [5.41, 5.74) is 0.942. The molecule has 2 aliphatic rings.